The van der Waals surface area contributed by atoms with Crippen LogP contribution in [0.25, 0.3) is 0 Å². The van der Waals surface area contributed by atoms with E-state index < -0.39 is 12.6 Å². The Hall–Kier alpha value is -1.53. The van der Waals surface area contributed by atoms with Crippen molar-refractivity contribution in [2.75, 3.05) is 32.7 Å². The molecule has 0 bridgehead atoms. The minimum absolute atomic E-state index is 0.134. The van der Waals surface area contributed by atoms with Crippen LogP contribution in [0.4, 0.5) is 5.82 Å². The number of hydrogen-bond donors (Lipinski definition) is 2. The number of hydrogen-bond acceptors (Lipinski definition) is 5. The van der Waals surface area contributed by atoms with Crippen LogP contribution in [-0.4, -0.2) is 48.3 Å². The lowest BCUT2D eigenvalue weighted by molar-refractivity contribution is -0.139. The van der Waals surface area contributed by atoms with E-state index in [4.69, 9.17) is 21.4 Å². The number of carboxylic acid groups (broad SMARTS) is 1. The highest BCUT2D eigenvalue weighted by Gasteiger charge is 2.06. The van der Waals surface area contributed by atoms with Gasteiger partial charge in [0.25, 0.3) is 0 Å². The summed E-state index contributed by atoms with van der Waals surface area (Å²) < 4.78 is 4.95. The van der Waals surface area contributed by atoms with Crippen LogP contribution >= 0.6 is 11.6 Å². The van der Waals surface area contributed by atoms with E-state index in [1.54, 1.807) is 12.1 Å². The van der Waals surface area contributed by atoms with E-state index in [9.17, 15) is 4.79 Å². The van der Waals surface area contributed by atoms with Crippen molar-refractivity contribution >= 4 is 23.4 Å². The van der Waals surface area contributed by atoms with E-state index >= 15 is 0 Å². The molecule has 0 radical (unpaired) electrons. The first-order chi connectivity index (χ1) is 7.99. The average Bonchev–Trinajstić information content (AvgIpc) is 2.24. The fraction of sp³-hybridized carbons (Fsp3) is 0.400. The van der Waals surface area contributed by atoms with E-state index in [-0.39, 0.29) is 10.9 Å². The second-order valence-electron chi connectivity index (χ2n) is 3.58. The van der Waals surface area contributed by atoms with Crippen LogP contribution in [0.15, 0.2) is 12.1 Å². The fourth-order valence-electron chi connectivity index (χ4n) is 1.01. The number of carboxylic acids is 1. The van der Waals surface area contributed by atoms with Gasteiger partial charge in [0, 0.05) is 0 Å². The van der Waals surface area contributed by atoms with E-state index in [2.05, 4.69) is 10.3 Å². The molecule has 0 saturated carbocycles. The molecule has 94 valence electrons. The maximum Gasteiger partial charge on any atom is 0.341 e. The molecule has 0 amide bonds. The summed E-state index contributed by atoms with van der Waals surface area (Å²) in [7, 11) is 3.83. The molecule has 0 aromatic carbocycles. The largest absolute Gasteiger partial charge is 0.479 e. The number of nitrogens with one attached hydrogen (secondary N) is 1. The number of nitrogens with zero attached hydrogens (tertiary/aromatic N) is 2. The van der Waals surface area contributed by atoms with E-state index in [0.29, 0.717) is 12.5 Å². The number of rotatable bonds is 6. The molecule has 0 unspecified atom stereocenters. The first kappa shape index (κ1) is 13.5. The molecule has 1 aromatic heterocycles. The van der Waals surface area contributed by atoms with Crippen LogP contribution in [0.3, 0.4) is 0 Å². The molecule has 2 N–H and O–H groups in total. The van der Waals surface area contributed by atoms with Crippen LogP contribution < -0.4 is 10.1 Å². The Bertz CT molecular complexity index is 398. The lowest BCUT2D eigenvalue weighted by Crippen LogP contribution is -2.20. The molecule has 1 aromatic rings. The second-order valence-corrected chi connectivity index (χ2v) is 3.94. The number of carbonyl (C=O) groups is 1. The molecule has 0 fully saturated rings. The van der Waals surface area contributed by atoms with Gasteiger partial charge in [-0.1, -0.05) is 11.6 Å². The molecular formula is C10H14ClN3O3. The van der Waals surface area contributed by atoms with E-state index in [1.165, 1.54) is 0 Å². The quantitative estimate of drug-likeness (QED) is 0.589. The lowest BCUT2D eigenvalue weighted by Gasteiger charge is -2.12. The molecule has 1 heterocycles. The zero-order valence-electron chi connectivity index (χ0n) is 9.61. The number of anilines is 1. The van der Waals surface area contributed by atoms with Crippen LogP contribution in [0.1, 0.15) is 0 Å². The van der Waals surface area contributed by atoms with Gasteiger partial charge < -0.3 is 15.2 Å². The molecule has 0 spiro atoms. The number of aliphatic carboxylic acids is 1. The number of halogens is 1. The topological polar surface area (TPSA) is 74.7 Å². The summed E-state index contributed by atoms with van der Waals surface area (Å²) in [6.07, 6.45) is 0. The van der Waals surface area contributed by atoms with Crippen molar-refractivity contribution in [1.82, 2.24) is 9.88 Å². The summed E-state index contributed by atoms with van der Waals surface area (Å²) in [5, 5.41) is 11.6. The van der Waals surface area contributed by atoms with Gasteiger partial charge in [-0.2, -0.15) is 0 Å². The summed E-state index contributed by atoms with van der Waals surface area (Å²) in [5.41, 5.74) is 0. The Kier molecular flexibility index (Phi) is 4.99. The molecule has 0 aliphatic carbocycles. The maximum absolute atomic E-state index is 10.3. The van der Waals surface area contributed by atoms with Gasteiger partial charge in [-0.15, -0.1) is 0 Å². The normalized spacial score (nSPS) is 10.4. The van der Waals surface area contributed by atoms with Crippen LogP contribution in [0.5, 0.6) is 5.75 Å². The SMILES string of the molecule is CN(C)CNc1ccc(OCC(=O)O)c(Cl)n1. The van der Waals surface area contributed by atoms with Gasteiger partial charge in [0.1, 0.15) is 5.82 Å². The van der Waals surface area contributed by atoms with Crippen molar-refractivity contribution in [3.05, 3.63) is 17.3 Å². The molecule has 0 aliphatic rings. The van der Waals surface area contributed by atoms with Crippen molar-refractivity contribution in [2.24, 2.45) is 0 Å². The highest BCUT2D eigenvalue weighted by molar-refractivity contribution is 6.30. The summed E-state index contributed by atoms with van der Waals surface area (Å²) in [6.45, 7) is 0.185. The molecular weight excluding hydrogens is 246 g/mol. The van der Waals surface area contributed by atoms with Gasteiger partial charge >= 0.3 is 5.97 Å². The molecule has 1 rings (SSSR count). The third-order valence-corrected chi connectivity index (χ3v) is 2.01. The standard InChI is InChI=1S/C10H14ClN3O3/c1-14(2)6-12-8-4-3-7(10(11)13-8)17-5-9(15)16/h3-4H,5-6H2,1-2H3,(H,12,13)(H,15,16). The fourth-order valence-corrected chi connectivity index (χ4v) is 1.21. The molecule has 0 aliphatic heterocycles. The first-order valence-electron chi connectivity index (χ1n) is 4.89. The monoisotopic (exact) mass is 259 g/mol. The number of aromatic nitrogens is 1. The van der Waals surface area contributed by atoms with Crippen molar-refractivity contribution in [1.29, 1.82) is 0 Å². The smallest absolute Gasteiger partial charge is 0.341 e. The number of ether oxygens (including phenoxy) is 1. The van der Waals surface area contributed by atoms with Crippen molar-refractivity contribution < 1.29 is 14.6 Å². The second kappa shape index (κ2) is 6.27. The van der Waals surface area contributed by atoms with Gasteiger partial charge in [-0.05, 0) is 26.2 Å². The lowest BCUT2D eigenvalue weighted by atomic mass is 10.4. The van der Waals surface area contributed by atoms with Gasteiger partial charge in [0.2, 0.25) is 0 Å². The van der Waals surface area contributed by atoms with E-state index in [1.807, 2.05) is 19.0 Å². The van der Waals surface area contributed by atoms with Crippen LogP contribution in [0, 0.1) is 0 Å². The van der Waals surface area contributed by atoms with Gasteiger partial charge in [0.05, 0.1) is 6.67 Å². The minimum Gasteiger partial charge on any atom is -0.479 e. The first-order valence-corrected chi connectivity index (χ1v) is 5.26. The third kappa shape index (κ3) is 4.88. The summed E-state index contributed by atoms with van der Waals surface area (Å²) >= 11 is 5.85. The minimum atomic E-state index is -1.06. The highest BCUT2D eigenvalue weighted by atomic mass is 35.5. The van der Waals surface area contributed by atoms with Gasteiger partial charge in [0.15, 0.2) is 17.5 Å². The maximum atomic E-state index is 10.3. The Morgan fingerprint density at radius 3 is 2.82 bits per heavy atom. The van der Waals surface area contributed by atoms with E-state index in [0.717, 1.165) is 0 Å². The Labute approximate surface area is 104 Å². The Balaban J connectivity index is 2.62. The zero-order chi connectivity index (χ0) is 12.8. The average molecular weight is 260 g/mol. The van der Waals surface area contributed by atoms with Crippen molar-refractivity contribution in [2.45, 2.75) is 0 Å². The third-order valence-electron chi connectivity index (χ3n) is 1.74. The van der Waals surface area contributed by atoms with Gasteiger partial charge in [-0.3, -0.25) is 4.90 Å². The Morgan fingerprint density at radius 1 is 1.59 bits per heavy atom. The van der Waals surface area contributed by atoms with Crippen molar-refractivity contribution in [3.8, 4) is 5.75 Å². The summed E-state index contributed by atoms with van der Waals surface area (Å²) in [6, 6.07) is 3.25. The highest BCUT2D eigenvalue weighted by Crippen LogP contribution is 2.23. The summed E-state index contributed by atoms with van der Waals surface area (Å²) in [4.78, 5) is 16.3. The summed E-state index contributed by atoms with van der Waals surface area (Å²) in [5.74, 6) is -0.202. The van der Waals surface area contributed by atoms with Gasteiger partial charge in [-0.25, -0.2) is 9.78 Å². The predicted octanol–water partition coefficient (Wildman–Crippen LogP) is 1.13. The molecule has 7 heteroatoms. The Morgan fingerprint density at radius 2 is 2.29 bits per heavy atom. The molecule has 17 heavy (non-hydrogen) atoms. The number of pyridine rings is 1. The molecule has 0 atom stereocenters. The molecule has 0 saturated heterocycles. The van der Waals surface area contributed by atoms with Crippen molar-refractivity contribution in [3.63, 3.8) is 0 Å². The molecule has 6 nitrogen and oxygen atoms in total. The van der Waals surface area contributed by atoms with Crippen LogP contribution in [-0.2, 0) is 4.79 Å². The zero-order valence-corrected chi connectivity index (χ0v) is 10.4. The predicted molar refractivity (Wildman–Crippen MR) is 64.6 cm³/mol. The van der Waals surface area contributed by atoms with Crippen LogP contribution in [0.2, 0.25) is 5.15 Å².